The molecule has 0 atom stereocenters. The quantitative estimate of drug-likeness (QED) is 0.0226. The summed E-state index contributed by atoms with van der Waals surface area (Å²) >= 11 is 3.46. The van der Waals surface area contributed by atoms with E-state index in [2.05, 4.69) is 220 Å². The first-order chi connectivity index (χ1) is 58.6. The molecule has 0 bridgehead atoms. The van der Waals surface area contributed by atoms with Crippen LogP contribution in [0, 0.1) is 0 Å². The van der Waals surface area contributed by atoms with E-state index in [-0.39, 0.29) is 0 Å². The molecule has 0 aliphatic carbocycles. The number of nitrogen functional groups attached to an aromatic ring is 1. The van der Waals surface area contributed by atoms with Crippen molar-refractivity contribution < 1.29 is 20.1 Å². The second-order valence-corrected chi connectivity index (χ2v) is 48.7. The minimum Gasteiger partial charge on any atom is -0.432 e. The van der Waals surface area contributed by atoms with E-state index in [1.54, 1.807) is 27.3 Å². The van der Waals surface area contributed by atoms with Gasteiger partial charge in [0.2, 0.25) is 0 Å². The number of rotatable bonds is 24. The van der Waals surface area contributed by atoms with Gasteiger partial charge in [0.05, 0.1) is 58.4 Å². The van der Waals surface area contributed by atoms with Gasteiger partial charge in [0, 0.05) is 89.0 Å². The maximum Gasteiger partial charge on any atom is 0.414 e. The van der Waals surface area contributed by atoms with Crippen LogP contribution >= 0.6 is 15.9 Å². The highest BCUT2D eigenvalue weighted by Crippen LogP contribution is 2.35. The Labute approximate surface area is 738 Å². The summed E-state index contributed by atoms with van der Waals surface area (Å²) in [5.74, 6) is 0. The lowest BCUT2D eigenvalue weighted by Crippen LogP contribution is -2.38. The molecule has 0 spiro atoms. The molecule has 0 saturated heterocycles. The summed E-state index contributed by atoms with van der Waals surface area (Å²) in [5, 5.41) is 45.9. The van der Waals surface area contributed by atoms with E-state index in [1.807, 2.05) is 264 Å². The third-order valence-corrected chi connectivity index (χ3v) is 26.9. The standard InChI is InChI=1S/2C29H31BN2OSi.C26H22BBrN2O.C16H23BN2OSi.C2H6/c2*1-30(33)32(27-19-21-28(22-20-27)34(2,3)4)26-17-15-25(16-18-26)31-29(23-11-7-5-8-12-23)24-13-9-6-10-14-24;1-27(31)30(24-16-12-22(28)13-17-24)25-18-14-23(15-19-25)29-26(20-8-4-2-5-9-20)21-10-6-3-7-11-21;1-17(20)19(14-7-5-13(18)6-8-14)15-9-11-16(12-10-15)21(2,3)4;1-2/h2*5-22,33H,1-4H3;2-19,31H,1H3;5-12,20H,18H2,1-4H3;1-2H3. The maximum absolute atomic E-state index is 10.6. The molecule has 0 radical (unpaired) electrons. The van der Waals surface area contributed by atoms with E-state index in [4.69, 9.17) is 20.7 Å². The van der Waals surface area contributed by atoms with Gasteiger partial charge in [-0.05, 0) is 185 Å². The van der Waals surface area contributed by atoms with Gasteiger partial charge in [0.25, 0.3) is 0 Å². The molecule has 12 nitrogen and oxygen atoms in total. The summed E-state index contributed by atoms with van der Waals surface area (Å²) in [7, 11) is -6.63. The zero-order valence-corrected chi connectivity index (χ0v) is 77.6. The Bertz CT molecular complexity index is 5270. The van der Waals surface area contributed by atoms with Crippen molar-refractivity contribution in [2.75, 3.05) is 25.0 Å². The Hall–Kier alpha value is -11.7. The molecule has 122 heavy (non-hydrogen) atoms. The van der Waals surface area contributed by atoms with Gasteiger partial charge in [0.1, 0.15) is 0 Å². The molecule has 14 rings (SSSR count). The number of hydrogen-bond acceptors (Lipinski definition) is 12. The SMILES string of the molecule is CB(O)N(c1ccc(Br)cc1)c1ccc(N=C(c2ccccc2)c2ccccc2)cc1.CB(O)N(c1ccc(N)cc1)c1ccc([Si](C)(C)C)cc1.CB(O)N(c1ccc(N=C(c2ccccc2)c2ccccc2)cc1)c1ccc([Si](C)(C)C)cc1.CB(O)N(c1ccc(N=C(c2ccccc2)c2ccccc2)cc1)c1ccc([Si](C)(C)C)cc1.CC. The summed E-state index contributed by atoms with van der Waals surface area (Å²) in [6.45, 7) is 32.1. The highest BCUT2D eigenvalue weighted by atomic mass is 79.9. The average Bonchev–Trinajstić information content (AvgIpc) is 0.817. The van der Waals surface area contributed by atoms with Crippen LogP contribution in [0.5, 0.6) is 0 Å². The van der Waals surface area contributed by atoms with Crippen LogP contribution in [0.4, 0.5) is 68.2 Å². The highest BCUT2D eigenvalue weighted by molar-refractivity contribution is 9.10. The van der Waals surface area contributed by atoms with Crippen molar-refractivity contribution >= 4 is 169 Å². The first-order valence-corrected chi connectivity index (χ1v) is 53.1. The topological polar surface area (TPSA) is 157 Å². The average molecular weight is 1720 g/mol. The molecule has 14 aromatic rings. The smallest absolute Gasteiger partial charge is 0.414 e. The predicted octanol–water partition coefficient (Wildman–Crippen LogP) is 24.3. The molecular weight excluding hydrogens is 1610 g/mol. The minimum absolute atomic E-state index is 0.605. The number of nitrogens with two attached hydrogens (primary N) is 1. The normalized spacial score (nSPS) is 10.8. The largest absolute Gasteiger partial charge is 0.432 e. The van der Waals surface area contributed by atoms with Crippen molar-refractivity contribution in [2.45, 2.75) is 100 Å². The van der Waals surface area contributed by atoms with Gasteiger partial charge in [-0.25, -0.2) is 15.0 Å². The molecule has 0 aliphatic rings. The molecule has 0 aliphatic heterocycles. The van der Waals surface area contributed by atoms with Crippen LogP contribution in [0.1, 0.15) is 47.2 Å². The molecule has 0 aromatic heterocycles. The van der Waals surface area contributed by atoms with Crippen LogP contribution in [-0.2, 0) is 0 Å². The summed E-state index contributed by atoms with van der Waals surface area (Å²) < 4.78 is 1.00. The summed E-state index contributed by atoms with van der Waals surface area (Å²) in [5.41, 5.74) is 25.8. The maximum atomic E-state index is 10.6. The van der Waals surface area contributed by atoms with Crippen LogP contribution in [0.15, 0.2) is 396 Å². The van der Waals surface area contributed by atoms with Crippen LogP contribution in [0.2, 0.25) is 86.2 Å². The summed E-state index contributed by atoms with van der Waals surface area (Å²) in [6.07, 6.45) is 0. The Morgan fingerprint density at radius 2 is 0.402 bits per heavy atom. The van der Waals surface area contributed by atoms with E-state index in [1.165, 1.54) is 15.6 Å². The number of aliphatic imine (C=N–C) groups is 3. The molecule has 0 unspecified atom stereocenters. The molecule has 14 aromatic carbocycles. The first kappa shape index (κ1) is 92.6. The van der Waals surface area contributed by atoms with Crippen LogP contribution in [-0.4, -0.2) is 89.7 Å². The van der Waals surface area contributed by atoms with E-state index in [0.29, 0.717) is 0 Å². The molecular formula is C102H113B4BrN8O4Si3. The van der Waals surface area contributed by atoms with Gasteiger partial charge in [0.15, 0.2) is 0 Å². The van der Waals surface area contributed by atoms with E-state index in [9.17, 15) is 20.1 Å². The molecule has 0 amide bonds. The number of anilines is 9. The molecule has 616 valence electrons. The number of halogens is 1. The lowest BCUT2D eigenvalue weighted by molar-refractivity contribution is 0.577. The summed E-state index contributed by atoms with van der Waals surface area (Å²) in [4.78, 5) is 22.6. The molecule has 20 heteroatoms. The van der Waals surface area contributed by atoms with E-state index < -0.39 is 52.4 Å². The second kappa shape index (κ2) is 44.2. The van der Waals surface area contributed by atoms with Gasteiger partial charge in [-0.2, -0.15) is 0 Å². The molecule has 6 N–H and O–H groups in total. The predicted molar refractivity (Wildman–Crippen MR) is 542 cm³/mol. The lowest BCUT2D eigenvalue weighted by Gasteiger charge is -2.27. The van der Waals surface area contributed by atoms with Gasteiger partial charge in [-0.15, -0.1) is 0 Å². The highest BCUT2D eigenvalue weighted by Gasteiger charge is 2.26. The van der Waals surface area contributed by atoms with Crippen molar-refractivity contribution in [3.63, 3.8) is 0 Å². The van der Waals surface area contributed by atoms with Crippen molar-refractivity contribution in [1.82, 2.24) is 0 Å². The summed E-state index contributed by atoms with van der Waals surface area (Å²) in [6, 6.07) is 127. The Balaban J connectivity index is 0.000000172. The van der Waals surface area contributed by atoms with Gasteiger partial charge >= 0.3 is 28.2 Å². The Morgan fingerprint density at radius 1 is 0.246 bits per heavy atom. The van der Waals surface area contributed by atoms with Crippen LogP contribution in [0.25, 0.3) is 0 Å². The zero-order valence-electron chi connectivity index (χ0n) is 73.0. The lowest BCUT2D eigenvalue weighted by atomic mass is 9.83. The van der Waals surface area contributed by atoms with Crippen LogP contribution in [0.3, 0.4) is 0 Å². The van der Waals surface area contributed by atoms with Crippen LogP contribution < -0.4 is 40.5 Å². The second-order valence-electron chi connectivity index (χ2n) is 32.6. The molecule has 0 heterocycles. The number of hydrogen-bond donors (Lipinski definition) is 5. The number of nitrogens with zero attached hydrogens (tertiary/aromatic N) is 7. The Morgan fingerprint density at radius 3 is 0.566 bits per heavy atom. The Kier molecular flexibility index (Phi) is 33.6. The molecule has 0 saturated carbocycles. The third kappa shape index (κ3) is 26.2. The van der Waals surface area contributed by atoms with Crippen molar-refractivity contribution in [3.05, 3.63) is 414 Å². The van der Waals surface area contributed by atoms with Gasteiger partial charge in [-0.3, -0.25) is 0 Å². The fourth-order valence-electron chi connectivity index (χ4n) is 13.8. The van der Waals surface area contributed by atoms with Gasteiger partial charge < -0.3 is 45.1 Å². The van der Waals surface area contributed by atoms with Gasteiger partial charge in [-0.1, -0.05) is 323 Å². The fraction of sp³-hybridized carbons (Fsp3) is 0.147. The monoisotopic (exact) mass is 1720 g/mol. The third-order valence-electron chi connectivity index (χ3n) is 20.2. The zero-order chi connectivity index (χ0) is 87.5. The van der Waals surface area contributed by atoms with Crippen molar-refractivity contribution in [1.29, 1.82) is 0 Å². The van der Waals surface area contributed by atoms with Crippen molar-refractivity contribution in [3.8, 4) is 0 Å². The fourth-order valence-corrected chi connectivity index (χ4v) is 17.6. The van der Waals surface area contributed by atoms with E-state index >= 15 is 0 Å². The molecule has 0 fully saturated rings. The van der Waals surface area contributed by atoms with E-state index in [0.717, 1.165) is 123 Å². The first-order valence-electron chi connectivity index (χ1n) is 41.8. The van der Waals surface area contributed by atoms with Crippen molar-refractivity contribution in [2.24, 2.45) is 15.0 Å². The minimum atomic E-state index is -1.37. The number of benzene rings is 14.